The van der Waals surface area contributed by atoms with Crippen LogP contribution in [0.3, 0.4) is 0 Å². The average molecular weight is 319 g/mol. The molecule has 1 aliphatic rings. The molecule has 0 aliphatic carbocycles. The Morgan fingerprint density at radius 3 is 3.00 bits per heavy atom. The SMILES string of the molecule is CCc1nnsc1C(=O)N1CCC[C@H](c2nc(C)cn2C)C1. The highest BCUT2D eigenvalue weighted by Crippen LogP contribution is 2.27. The lowest BCUT2D eigenvalue weighted by atomic mass is 9.97. The molecule has 1 atom stereocenters. The minimum absolute atomic E-state index is 0.0717. The first-order chi connectivity index (χ1) is 10.6. The van der Waals surface area contributed by atoms with Crippen molar-refractivity contribution >= 4 is 17.4 Å². The van der Waals surface area contributed by atoms with Gasteiger partial charge in [-0.05, 0) is 37.7 Å². The number of carbonyl (C=O) groups excluding carboxylic acids is 1. The van der Waals surface area contributed by atoms with Crippen LogP contribution in [0.2, 0.25) is 0 Å². The second-order valence-corrected chi connectivity index (χ2v) is 6.60. The third-order valence-electron chi connectivity index (χ3n) is 4.19. The minimum Gasteiger partial charge on any atom is -0.337 e. The van der Waals surface area contributed by atoms with Crippen molar-refractivity contribution in [2.24, 2.45) is 7.05 Å². The average Bonchev–Trinajstić information content (AvgIpc) is 3.12. The molecule has 3 heterocycles. The maximum absolute atomic E-state index is 12.7. The Bertz CT molecular complexity index is 677. The van der Waals surface area contributed by atoms with E-state index < -0.39 is 0 Å². The number of aromatic nitrogens is 4. The van der Waals surface area contributed by atoms with Gasteiger partial charge < -0.3 is 9.47 Å². The molecule has 0 unspecified atom stereocenters. The first-order valence-electron chi connectivity index (χ1n) is 7.70. The standard InChI is InChI=1S/C15H21N5OS/c1-4-12-13(22-18-17-12)15(21)20-7-5-6-11(9-20)14-16-10(2)8-19(14)3/h8,11H,4-7,9H2,1-3H3/t11-/m0/s1. The molecule has 1 fully saturated rings. The molecule has 7 heteroatoms. The number of likely N-dealkylation sites (tertiary alicyclic amines) is 1. The number of aryl methyl sites for hydroxylation is 3. The summed E-state index contributed by atoms with van der Waals surface area (Å²) in [7, 11) is 2.03. The number of amides is 1. The Morgan fingerprint density at radius 2 is 2.32 bits per heavy atom. The number of hydrogen-bond acceptors (Lipinski definition) is 5. The van der Waals surface area contributed by atoms with E-state index in [0.29, 0.717) is 10.8 Å². The summed E-state index contributed by atoms with van der Waals surface area (Å²) in [5.74, 6) is 1.46. The lowest BCUT2D eigenvalue weighted by Crippen LogP contribution is -2.39. The van der Waals surface area contributed by atoms with Crippen molar-refractivity contribution < 1.29 is 4.79 Å². The summed E-state index contributed by atoms with van der Waals surface area (Å²) in [6, 6.07) is 0. The van der Waals surface area contributed by atoms with Gasteiger partial charge in [-0.25, -0.2) is 4.98 Å². The molecular formula is C15H21N5OS. The molecule has 0 aromatic carbocycles. The van der Waals surface area contributed by atoms with Crippen LogP contribution in [0.4, 0.5) is 0 Å². The highest BCUT2D eigenvalue weighted by atomic mass is 32.1. The maximum atomic E-state index is 12.7. The number of imidazole rings is 1. The molecule has 118 valence electrons. The molecular weight excluding hydrogens is 298 g/mol. The monoisotopic (exact) mass is 319 g/mol. The summed E-state index contributed by atoms with van der Waals surface area (Å²) in [6.07, 6.45) is 4.87. The minimum atomic E-state index is 0.0717. The van der Waals surface area contributed by atoms with E-state index in [1.807, 2.05) is 32.0 Å². The topological polar surface area (TPSA) is 63.9 Å². The van der Waals surface area contributed by atoms with Crippen molar-refractivity contribution in [3.8, 4) is 0 Å². The van der Waals surface area contributed by atoms with E-state index in [4.69, 9.17) is 0 Å². The van der Waals surface area contributed by atoms with Crippen molar-refractivity contribution in [3.63, 3.8) is 0 Å². The molecule has 22 heavy (non-hydrogen) atoms. The zero-order valence-electron chi connectivity index (χ0n) is 13.2. The Hall–Kier alpha value is -1.76. The quantitative estimate of drug-likeness (QED) is 0.869. The molecule has 0 saturated carbocycles. The third-order valence-corrected chi connectivity index (χ3v) is 4.95. The number of piperidine rings is 1. The van der Waals surface area contributed by atoms with Crippen molar-refractivity contribution in [1.29, 1.82) is 0 Å². The molecule has 0 N–H and O–H groups in total. The summed E-state index contributed by atoms with van der Waals surface area (Å²) < 4.78 is 6.01. The summed E-state index contributed by atoms with van der Waals surface area (Å²) in [5, 5.41) is 4.05. The van der Waals surface area contributed by atoms with Crippen LogP contribution in [0.5, 0.6) is 0 Å². The van der Waals surface area contributed by atoms with Crippen LogP contribution in [0.15, 0.2) is 6.20 Å². The van der Waals surface area contributed by atoms with E-state index in [1.165, 1.54) is 11.5 Å². The highest BCUT2D eigenvalue weighted by molar-refractivity contribution is 7.08. The molecule has 0 spiro atoms. The van der Waals surface area contributed by atoms with Gasteiger partial charge >= 0.3 is 0 Å². The smallest absolute Gasteiger partial charge is 0.267 e. The number of carbonyl (C=O) groups is 1. The molecule has 3 rings (SSSR count). The Kier molecular flexibility index (Phi) is 4.24. The largest absolute Gasteiger partial charge is 0.337 e. The molecule has 0 bridgehead atoms. The Morgan fingerprint density at radius 1 is 1.50 bits per heavy atom. The highest BCUT2D eigenvalue weighted by Gasteiger charge is 2.29. The van der Waals surface area contributed by atoms with Gasteiger partial charge in [-0.2, -0.15) is 0 Å². The van der Waals surface area contributed by atoms with Crippen LogP contribution < -0.4 is 0 Å². The van der Waals surface area contributed by atoms with E-state index in [1.54, 1.807) is 0 Å². The van der Waals surface area contributed by atoms with E-state index in [0.717, 1.165) is 49.6 Å². The lowest BCUT2D eigenvalue weighted by Gasteiger charge is -2.32. The van der Waals surface area contributed by atoms with Gasteiger partial charge in [0.25, 0.3) is 5.91 Å². The normalized spacial score (nSPS) is 18.7. The molecule has 1 amide bonds. The lowest BCUT2D eigenvalue weighted by molar-refractivity contribution is 0.0707. The maximum Gasteiger partial charge on any atom is 0.267 e. The second kappa shape index (κ2) is 6.16. The summed E-state index contributed by atoms with van der Waals surface area (Å²) in [5.41, 5.74) is 1.84. The van der Waals surface area contributed by atoms with Crippen molar-refractivity contribution in [3.05, 3.63) is 28.3 Å². The van der Waals surface area contributed by atoms with Gasteiger partial charge in [-0.15, -0.1) is 5.10 Å². The molecule has 6 nitrogen and oxygen atoms in total. The van der Waals surface area contributed by atoms with Gasteiger partial charge in [0.2, 0.25) is 0 Å². The molecule has 2 aromatic heterocycles. The number of nitrogens with zero attached hydrogens (tertiary/aromatic N) is 5. The van der Waals surface area contributed by atoms with Gasteiger partial charge in [0.05, 0.1) is 11.4 Å². The van der Waals surface area contributed by atoms with Crippen LogP contribution in [-0.4, -0.2) is 43.0 Å². The second-order valence-electron chi connectivity index (χ2n) is 5.84. The van der Waals surface area contributed by atoms with E-state index in [2.05, 4.69) is 19.1 Å². The predicted octanol–water partition coefficient (Wildman–Crippen LogP) is 2.16. The van der Waals surface area contributed by atoms with Crippen molar-refractivity contribution in [1.82, 2.24) is 24.0 Å². The zero-order chi connectivity index (χ0) is 15.7. The summed E-state index contributed by atoms with van der Waals surface area (Å²) >= 11 is 1.21. The molecule has 1 saturated heterocycles. The van der Waals surface area contributed by atoms with Gasteiger partial charge in [-0.1, -0.05) is 11.4 Å². The van der Waals surface area contributed by atoms with Crippen LogP contribution in [0.25, 0.3) is 0 Å². The fourth-order valence-electron chi connectivity index (χ4n) is 3.13. The first kappa shape index (κ1) is 15.1. The number of rotatable bonds is 3. The van der Waals surface area contributed by atoms with Crippen molar-refractivity contribution in [2.45, 2.75) is 39.0 Å². The van der Waals surface area contributed by atoms with Crippen LogP contribution in [0.1, 0.15) is 52.6 Å². The van der Waals surface area contributed by atoms with Gasteiger partial charge in [0.1, 0.15) is 10.7 Å². The fraction of sp³-hybridized carbons (Fsp3) is 0.600. The van der Waals surface area contributed by atoms with E-state index in [9.17, 15) is 4.79 Å². The van der Waals surface area contributed by atoms with E-state index in [-0.39, 0.29) is 5.91 Å². The summed E-state index contributed by atoms with van der Waals surface area (Å²) in [6.45, 7) is 5.54. The van der Waals surface area contributed by atoms with Crippen LogP contribution in [0, 0.1) is 6.92 Å². The van der Waals surface area contributed by atoms with Crippen molar-refractivity contribution in [2.75, 3.05) is 13.1 Å². The predicted molar refractivity (Wildman–Crippen MR) is 85.1 cm³/mol. The van der Waals surface area contributed by atoms with Crippen LogP contribution >= 0.6 is 11.5 Å². The Balaban J connectivity index is 1.78. The zero-order valence-corrected chi connectivity index (χ0v) is 14.1. The third kappa shape index (κ3) is 2.77. The summed E-state index contributed by atoms with van der Waals surface area (Å²) in [4.78, 5) is 20.0. The van der Waals surface area contributed by atoms with E-state index >= 15 is 0 Å². The van der Waals surface area contributed by atoms with Crippen LogP contribution in [-0.2, 0) is 13.5 Å². The molecule has 2 aromatic rings. The Labute approximate surface area is 134 Å². The molecule has 0 radical (unpaired) electrons. The molecule has 1 aliphatic heterocycles. The fourth-order valence-corrected chi connectivity index (χ4v) is 3.85. The number of hydrogen-bond donors (Lipinski definition) is 0. The van der Waals surface area contributed by atoms with Gasteiger partial charge in [-0.3, -0.25) is 4.79 Å². The van der Waals surface area contributed by atoms with Gasteiger partial charge in [0, 0.05) is 32.3 Å². The van der Waals surface area contributed by atoms with Gasteiger partial charge in [0.15, 0.2) is 0 Å². The first-order valence-corrected chi connectivity index (χ1v) is 8.47.